The van der Waals surface area contributed by atoms with E-state index in [0.717, 1.165) is 12.8 Å². The zero-order valence-electron chi connectivity index (χ0n) is 12.9. The van der Waals surface area contributed by atoms with E-state index in [9.17, 15) is 0 Å². The molecule has 1 aromatic rings. The molecule has 106 valence electrons. The van der Waals surface area contributed by atoms with Crippen molar-refractivity contribution in [3.05, 3.63) is 59.2 Å². The molecule has 0 N–H and O–H groups in total. The number of benzene rings is 1. The van der Waals surface area contributed by atoms with E-state index < -0.39 is 0 Å². The SMILES string of the molecule is CC1=CCC(CC(N=NC(C)(C)C)c2ccccc2)=C1. The second-order valence-electron chi connectivity index (χ2n) is 6.47. The molecule has 2 nitrogen and oxygen atoms in total. The minimum atomic E-state index is -0.120. The average Bonchev–Trinajstić information content (AvgIpc) is 2.80. The van der Waals surface area contributed by atoms with Gasteiger partial charge >= 0.3 is 0 Å². The van der Waals surface area contributed by atoms with Gasteiger partial charge in [-0.25, -0.2) is 0 Å². The third kappa shape index (κ3) is 4.44. The van der Waals surface area contributed by atoms with Crippen molar-refractivity contribution in [2.45, 2.75) is 52.1 Å². The summed E-state index contributed by atoms with van der Waals surface area (Å²) in [5.74, 6) is 0. The summed E-state index contributed by atoms with van der Waals surface area (Å²) in [4.78, 5) is 0. The van der Waals surface area contributed by atoms with E-state index in [2.05, 4.69) is 74.3 Å². The third-order valence-corrected chi connectivity index (χ3v) is 3.26. The highest BCUT2D eigenvalue weighted by atomic mass is 15.2. The van der Waals surface area contributed by atoms with Gasteiger partial charge in [0.25, 0.3) is 0 Å². The molecule has 1 aliphatic rings. The largest absolute Gasteiger partial charge is 0.188 e. The first-order valence-electron chi connectivity index (χ1n) is 7.27. The van der Waals surface area contributed by atoms with Gasteiger partial charge in [-0.2, -0.15) is 10.2 Å². The fourth-order valence-corrected chi connectivity index (χ4v) is 2.27. The molecule has 0 fully saturated rings. The van der Waals surface area contributed by atoms with Crippen LogP contribution in [0.4, 0.5) is 0 Å². The molecule has 0 bridgehead atoms. The van der Waals surface area contributed by atoms with Crippen molar-refractivity contribution >= 4 is 0 Å². The fraction of sp³-hybridized carbons (Fsp3) is 0.444. The van der Waals surface area contributed by atoms with Crippen LogP contribution < -0.4 is 0 Å². The van der Waals surface area contributed by atoms with E-state index in [0.29, 0.717) is 0 Å². The van der Waals surface area contributed by atoms with E-state index in [1.54, 1.807) is 0 Å². The predicted octanol–water partition coefficient (Wildman–Crippen LogP) is 5.64. The summed E-state index contributed by atoms with van der Waals surface area (Å²) in [5.41, 5.74) is 3.93. The molecule has 0 spiro atoms. The van der Waals surface area contributed by atoms with Gasteiger partial charge in [-0.05, 0) is 46.1 Å². The molecule has 2 heteroatoms. The normalized spacial score (nSPS) is 17.2. The van der Waals surface area contributed by atoms with Gasteiger partial charge in [0.05, 0.1) is 11.6 Å². The highest BCUT2D eigenvalue weighted by Gasteiger charge is 2.16. The van der Waals surface area contributed by atoms with Crippen molar-refractivity contribution in [3.63, 3.8) is 0 Å². The smallest absolute Gasteiger partial charge is 0.0995 e. The summed E-state index contributed by atoms with van der Waals surface area (Å²) >= 11 is 0. The van der Waals surface area contributed by atoms with Gasteiger partial charge in [-0.3, -0.25) is 0 Å². The summed E-state index contributed by atoms with van der Waals surface area (Å²) < 4.78 is 0. The zero-order chi connectivity index (χ0) is 14.6. The first kappa shape index (κ1) is 14.7. The summed E-state index contributed by atoms with van der Waals surface area (Å²) in [7, 11) is 0. The first-order valence-corrected chi connectivity index (χ1v) is 7.27. The average molecular weight is 268 g/mol. The Morgan fingerprint density at radius 2 is 1.85 bits per heavy atom. The van der Waals surface area contributed by atoms with Gasteiger partial charge in [-0.15, -0.1) is 0 Å². The maximum Gasteiger partial charge on any atom is 0.0995 e. The molecule has 0 aliphatic heterocycles. The fourth-order valence-electron chi connectivity index (χ4n) is 2.27. The summed E-state index contributed by atoms with van der Waals surface area (Å²) in [6, 6.07) is 10.6. The topological polar surface area (TPSA) is 24.7 Å². The molecule has 1 aliphatic carbocycles. The maximum atomic E-state index is 4.61. The zero-order valence-corrected chi connectivity index (χ0v) is 12.9. The molecule has 0 aromatic heterocycles. The second kappa shape index (κ2) is 6.17. The molecule has 20 heavy (non-hydrogen) atoms. The van der Waals surface area contributed by atoms with E-state index in [1.165, 1.54) is 16.7 Å². The van der Waals surface area contributed by atoms with Crippen LogP contribution in [0.1, 0.15) is 52.1 Å². The van der Waals surface area contributed by atoms with Crippen LogP contribution in [0.5, 0.6) is 0 Å². The maximum absolute atomic E-state index is 4.61. The number of azo groups is 1. The Morgan fingerprint density at radius 3 is 2.40 bits per heavy atom. The minimum absolute atomic E-state index is 0.120. The quantitative estimate of drug-likeness (QED) is 0.631. The molecule has 1 atom stereocenters. The molecule has 0 amide bonds. The standard InChI is InChI=1S/C18H24N2/c1-14-10-11-15(12-14)13-17(19-20-18(2,3)4)16-8-6-5-7-9-16/h5-10,12,17H,11,13H2,1-4H3. The third-order valence-electron chi connectivity index (χ3n) is 3.26. The minimum Gasteiger partial charge on any atom is -0.188 e. The Labute approximate surface area is 122 Å². The van der Waals surface area contributed by atoms with Gasteiger partial charge in [0.2, 0.25) is 0 Å². The molecular formula is C18H24N2. The summed E-state index contributed by atoms with van der Waals surface area (Å²) in [6.45, 7) is 8.40. The molecule has 1 aromatic carbocycles. The highest BCUT2D eigenvalue weighted by Crippen LogP contribution is 2.31. The molecule has 2 rings (SSSR count). The van der Waals surface area contributed by atoms with Crippen LogP contribution in [-0.2, 0) is 0 Å². The van der Waals surface area contributed by atoms with E-state index in [1.807, 2.05) is 6.07 Å². The van der Waals surface area contributed by atoms with Crippen LogP contribution in [0.3, 0.4) is 0 Å². The number of allylic oxidation sites excluding steroid dienone is 3. The Hall–Kier alpha value is -1.70. The van der Waals surface area contributed by atoms with Crippen molar-refractivity contribution in [2.24, 2.45) is 10.2 Å². The van der Waals surface area contributed by atoms with Crippen molar-refractivity contribution in [1.82, 2.24) is 0 Å². The second-order valence-corrected chi connectivity index (χ2v) is 6.47. The van der Waals surface area contributed by atoms with Gasteiger partial charge in [0.15, 0.2) is 0 Å². The molecule has 0 heterocycles. The number of hydrogen-bond acceptors (Lipinski definition) is 2. The Morgan fingerprint density at radius 1 is 1.15 bits per heavy atom. The van der Waals surface area contributed by atoms with E-state index >= 15 is 0 Å². The Bertz CT molecular complexity index is 530. The highest BCUT2D eigenvalue weighted by molar-refractivity contribution is 5.32. The number of hydrogen-bond donors (Lipinski definition) is 0. The van der Waals surface area contributed by atoms with Crippen molar-refractivity contribution < 1.29 is 0 Å². The van der Waals surface area contributed by atoms with Gasteiger partial charge in [0.1, 0.15) is 0 Å². The van der Waals surface area contributed by atoms with Crippen LogP contribution >= 0.6 is 0 Å². The van der Waals surface area contributed by atoms with Crippen molar-refractivity contribution in [3.8, 4) is 0 Å². The van der Waals surface area contributed by atoms with E-state index in [4.69, 9.17) is 0 Å². The lowest BCUT2D eigenvalue weighted by molar-refractivity contribution is 0.509. The van der Waals surface area contributed by atoms with E-state index in [-0.39, 0.29) is 11.6 Å². The van der Waals surface area contributed by atoms with Crippen LogP contribution in [0, 0.1) is 0 Å². The lowest BCUT2D eigenvalue weighted by Crippen LogP contribution is -2.09. The number of rotatable bonds is 4. The molecule has 1 unspecified atom stereocenters. The van der Waals surface area contributed by atoms with Crippen LogP contribution in [0.25, 0.3) is 0 Å². The van der Waals surface area contributed by atoms with Gasteiger partial charge in [0, 0.05) is 0 Å². The van der Waals surface area contributed by atoms with Crippen molar-refractivity contribution in [2.75, 3.05) is 0 Å². The summed E-state index contributed by atoms with van der Waals surface area (Å²) in [6.07, 6.45) is 6.57. The van der Waals surface area contributed by atoms with Crippen molar-refractivity contribution in [1.29, 1.82) is 0 Å². The summed E-state index contributed by atoms with van der Waals surface area (Å²) in [5, 5.41) is 9.09. The van der Waals surface area contributed by atoms with Gasteiger partial charge < -0.3 is 0 Å². The lowest BCUT2D eigenvalue weighted by atomic mass is 9.99. The first-order chi connectivity index (χ1) is 9.44. The predicted molar refractivity (Wildman–Crippen MR) is 84.9 cm³/mol. The molecule has 0 radical (unpaired) electrons. The molecule has 0 saturated heterocycles. The van der Waals surface area contributed by atoms with Crippen LogP contribution in [0.2, 0.25) is 0 Å². The monoisotopic (exact) mass is 268 g/mol. The molecule has 0 saturated carbocycles. The van der Waals surface area contributed by atoms with Gasteiger partial charge in [-0.1, -0.05) is 53.6 Å². The number of nitrogens with zero attached hydrogens (tertiary/aromatic N) is 2. The lowest BCUT2D eigenvalue weighted by Gasteiger charge is -2.16. The van der Waals surface area contributed by atoms with Crippen LogP contribution in [-0.4, -0.2) is 5.54 Å². The Kier molecular flexibility index (Phi) is 4.53. The van der Waals surface area contributed by atoms with Crippen LogP contribution in [0.15, 0.2) is 63.9 Å². The molecular weight excluding hydrogens is 244 g/mol. The Balaban J connectivity index is 2.17.